The number of aliphatic hydroxyl groups excluding tert-OH is 1. The first-order valence-corrected chi connectivity index (χ1v) is 6.13. The maximum Gasteiger partial charge on any atom is 0.415 e. The molecule has 1 aromatic carbocycles. The van der Waals surface area contributed by atoms with Crippen LogP contribution in [-0.4, -0.2) is 48.3 Å². The van der Waals surface area contributed by atoms with Gasteiger partial charge in [0.25, 0.3) is 0 Å². The number of rotatable bonds is 6. The number of alkyl halides is 3. The van der Waals surface area contributed by atoms with Crippen molar-refractivity contribution in [2.75, 3.05) is 20.1 Å². The van der Waals surface area contributed by atoms with Gasteiger partial charge in [-0.05, 0) is 24.7 Å². The highest BCUT2D eigenvalue weighted by Crippen LogP contribution is 2.20. The number of nitrogens with one attached hydrogen (secondary N) is 1. The van der Waals surface area contributed by atoms with Crippen molar-refractivity contribution in [2.24, 2.45) is 0 Å². The highest BCUT2D eigenvalue weighted by atomic mass is 19.4. The molecule has 0 aromatic heterocycles. The van der Waals surface area contributed by atoms with Crippen molar-refractivity contribution >= 4 is 5.91 Å². The molecule has 0 saturated carbocycles. The van der Waals surface area contributed by atoms with Crippen LogP contribution in [0.15, 0.2) is 24.3 Å². The summed E-state index contributed by atoms with van der Waals surface area (Å²) < 4.78 is 49.1. The second-order valence-corrected chi connectivity index (χ2v) is 4.66. The first-order valence-electron chi connectivity index (χ1n) is 6.13. The number of nitrogens with zero attached hydrogens (tertiary/aromatic N) is 1. The van der Waals surface area contributed by atoms with Crippen LogP contribution in [0.3, 0.4) is 0 Å². The average Bonchev–Trinajstić information content (AvgIpc) is 2.36. The number of benzene rings is 1. The Kier molecular flexibility index (Phi) is 6.10. The van der Waals surface area contributed by atoms with Gasteiger partial charge in [-0.15, -0.1) is 0 Å². The summed E-state index contributed by atoms with van der Waals surface area (Å²) in [6.07, 6.45) is -7.20. The Balaban J connectivity index is 2.34. The maximum absolute atomic E-state index is 12.7. The monoisotopic (exact) mass is 308 g/mol. The molecule has 2 N–H and O–H groups in total. The Bertz CT molecular complexity index is 462. The Morgan fingerprint density at radius 1 is 1.33 bits per heavy atom. The topological polar surface area (TPSA) is 52.6 Å². The normalized spacial score (nSPS) is 13.3. The number of likely N-dealkylation sites (N-methyl/N-ethyl adjacent to an activating group) is 1. The second kappa shape index (κ2) is 7.37. The lowest BCUT2D eigenvalue weighted by Crippen LogP contribution is -2.43. The lowest BCUT2D eigenvalue weighted by molar-refractivity contribution is -0.207. The van der Waals surface area contributed by atoms with Gasteiger partial charge in [0.15, 0.2) is 6.10 Å². The van der Waals surface area contributed by atoms with E-state index in [0.717, 1.165) is 4.90 Å². The highest BCUT2D eigenvalue weighted by molar-refractivity contribution is 5.77. The molecule has 0 heterocycles. The smallest absolute Gasteiger partial charge is 0.382 e. The summed E-state index contributed by atoms with van der Waals surface area (Å²) in [6, 6.07) is 5.47. The van der Waals surface area contributed by atoms with Gasteiger partial charge < -0.3 is 10.4 Å². The van der Waals surface area contributed by atoms with Gasteiger partial charge >= 0.3 is 6.18 Å². The maximum atomic E-state index is 12.7. The summed E-state index contributed by atoms with van der Waals surface area (Å²) in [5.41, 5.74) is 0.669. The van der Waals surface area contributed by atoms with Crippen molar-refractivity contribution < 1.29 is 27.5 Å². The highest BCUT2D eigenvalue weighted by Gasteiger charge is 2.38. The third-order valence-corrected chi connectivity index (χ3v) is 2.68. The van der Waals surface area contributed by atoms with Crippen molar-refractivity contribution in [2.45, 2.75) is 18.8 Å². The van der Waals surface area contributed by atoms with E-state index < -0.39 is 30.5 Å². The molecule has 0 bridgehead atoms. The van der Waals surface area contributed by atoms with Gasteiger partial charge in [0.1, 0.15) is 5.82 Å². The van der Waals surface area contributed by atoms with Gasteiger partial charge in [0, 0.05) is 13.1 Å². The molecule has 8 heteroatoms. The number of carbonyl (C=O) groups excluding carboxylic acids is 1. The van der Waals surface area contributed by atoms with Gasteiger partial charge in [-0.3, -0.25) is 9.69 Å². The van der Waals surface area contributed by atoms with Crippen LogP contribution < -0.4 is 5.32 Å². The van der Waals surface area contributed by atoms with Crippen LogP contribution >= 0.6 is 0 Å². The zero-order chi connectivity index (χ0) is 16.0. The largest absolute Gasteiger partial charge is 0.415 e. The number of carbonyl (C=O) groups is 1. The molecular formula is C13H16F4N2O2. The Labute approximate surface area is 119 Å². The van der Waals surface area contributed by atoms with Gasteiger partial charge in [0.05, 0.1) is 6.54 Å². The Morgan fingerprint density at radius 3 is 2.43 bits per heavy atom. The van der Waals surface area contributed by atoms with E-state index in [4.69, 9.17) is 5.11 Å². The molecule has 118 valence electrons. The van der Waals surface area contributed by atoms with E-state index in [0.29, 0.717) is 5.56 Å². The molecule has 1 amide bonds. The zero-order valence-corrected chi connectivity index (χ0v) is 11.3. The first kappa shape index (κ1) is 17.4. The Morgan fingerprint density at radius 2 is 1.90 bits per heavy atom. The fourth-order valence-corrected chi connectivity index (χ4v) is 1.57. The summed E-state index contributed by atoms with van der Waals surface area (Å²) in [4.78, 5) is 12.6. The molecule has 21 heavy (non-hydrogen) atoms. The molecular weight excluding hydrogens is 292 g/mol. The van der Waals surface area contributed by atoms with Crippen LogP contribution in [0.2, 0.25) is 0 Å². The van der Waals surface area contributed by atoms with Crippen LogP contribution in [0.1, 0.15) is 5.56 Å². The lowest BCUT2D eigenvalue weighted by atomic mass is 10.2. The van der Waals surface area contributed by atoms with Crippen molar-refractivity contribution in [1.82, 2.24) is 10.2 Å². The van der Waals surface area contributed by atoms with Gasteiger partial charge in [-0.1, -0.05) is 12.1 Å². The molecule has 4 nitrogen and oxygen atoms in total. The molecule has 1 unspecified atom stereocenters. The Hall–Kier alpha value is -1.67. The average molecular weight is 308 g/mol. The number of hydrogen-bond acceptors (Lipinski definition) is 3. The van der Waals surface area contributed by atoms with Crippen LogP contribution in [0.4, 0.5) is 17.6 Å². The molecule has 1 rings (SSSR count). The van der Waals surface area contributed by atoms with E-state index in [9.17, 15) is 22.4 Å². The third-order valence-electron chi connectivity index (χ3n) is 2.68. The van der Waals surface area contributed by atoms with Gasteiger partial charge in [-0.25, -0.2) is 4.39 Å². The predicted octanol–water partition coefficient (Wildman–Crippen LogP) is 1.30. The van der Waals surface area contributed by atoms with Crippen LogP contribution in [0.25, 0.3) is 0 Å². The molecule has 0 aliphatic rings. The van der Waals surface area contributed by atoms with E-state index in [1.807, 2.05) is 0 Å². The van der Waals surface area contributed by atoms with Gasteiger partial charge in [-0.2, -0.15) is 13.2 Å². The molecule has 0 spiro atoms. The second-order valence-electron chi connectivity index (χ2n) is 4.66. The van der Waals surface area contributed by atoms with Crippen LogP contribution in [0.5, 0.6) is 0 Å². The van der Waals surface area contributed by atoms with E-state index in [-0.39, 0.29) is 13.1 Å². The molecule has 0 aliphatic heterocycles. The summed E-state index contributed by atoms with van der Waals surface area (Å²) in [7, 11) is 1.30. The number of halogens is 4. The minimum absolute atomic E-state index is 0.148. The van der Waals surface area contributed by atoms with Crippen LogP contribution in [0, 0.1) is 5.82 Å². The molecule has 0 aliphatic carbocycles. The molecule has 1 atom stereocenters. The summed E-state index contributed by atoms with van der Waals surface area (Å²) in [5.74, 6) is -0.887. The van der Waals surface area contributed by atoms with E-state index in [2.05, 4.69) is 5.32 Å². The predicted molar refractivity (Wildman–Crippen MR) is 67.8 cm³/mol. The molecule has 0 radical (unpaired) electrons. The fourth-order valence-electron chi connectivity index (χ4n) is 1.57. The summed E-state index contributed by atoms with van der Waals surface area (Å²) in [6.45, 7) is -0.823. The molecule has 0 fully saturated rings. The SMILES string of the molecule is CN(CC(=O)NCc1ccc(F)cc1)CC(O)C(F)(F)F. The zero-order valence-electron chi connectivity index (χ0n) is 11.3. The lowest BCUT2D eigenvalue weighted by Gasteiger charge is -2.21. The number of amides is 1. The van der Waals surface area contributed by atoms with Crippen molar-refractivity contribution in [3.05, 3.63) is 35.6 Å². The van der Waals surface area contributed by atoms with E-state index in [1.165, 1.54) is 31.3 Å². The summed E-state index contributed by atoms with van der Waals surface area (Å²) in [5, 5.41) is 11.4. The van der Waals surface area contributed by atoms with Crippen molar-refractivity contribution in [3.63, 3.8) is 0 Å². The molecule has 0 saturated heterocycles. The first-order chi connectivity index (χ1) is 9.68. The number of aliphatic hydroxyl groups is 1. The quantitative estimate of drug-likeness (QED) is 0.779. The standard InChI is InChI=1S/C13H16F4N2O2/c1-19(7-11(20)13(15,16)17)8-12(21)18-6-9-2-4-10(14)5-3-9/h2-5,11,20H,6-8H2,1H3,(H,18,21). The minimum atomic E-state index is -4.71. The third kappa shape index (κ3) is 6.54. The van der Waals surface area contributed by atoms with E-state index in [1.54, 1.807) is 0 Å². The molecule has 1 aromatic rings. The summed E-state index contributed by atoms with van der Waals surface area (Å²) >= 11 is 0. The van der Waals surface area contributed by atoms with Crippen molar-refractivity contribution in [1.29, 1.82) is 0 Å². The van der Waals surface area contributed by atoms with Gasteiger partial charge in [0.2, 0.25) is 5.91 Å². The van der Waals surface area contributed by atoms with Crippen LogP contribution in [-0.2, 0) is 11.3 Å². The number of hydrogen-bond donors (Lipinski definition) is 2. The van der Waals surface area contributed by atoms with E-state index >= 15 is 0 Å². The minimum Gasteiger partial charge on any atom is -0.382 e. The van der Waals surface area contributed by atoms with Crippen molar-refractivity contribution in [3.8, 4) is 0 Å². The fraction of sp³-hybridized carbons (Fsp3) is 0.462.